The van der Waals surface area contributed by atoms with Gasteiger partial charge in [-0.2, -0.15) is 5.26 Å². The zero-order chi connectivity index (χ0) is 20.8. The van der Waals surface area contributed by atoms with E-state index in [1.165, 1.54) is 0 Å². The molecule has 0 aromatic carbocycles. The summed E-state index contributed by atoms with van der Waals surface area (Å²) in [4.78, 5) is 37.4. The van der Waals surface area contributed by atoms with E-state index in [0.717, 1.165) is 32.1 Å². The predicted molar refractivity (Wildman–Crippen MR) is 104 cm³/mol. The molecule has 0 atom stereocenters. The quantitative estimate of drug-likeness (QED) is 0.677. The molecule has 2 amide bonds. The monoisotopic (exact) mass is 391 g/mol. The molecule has 0 bridgehead atoms. The van der Waals surface area contributed by atoms with Gasteiger partial charge < -0.3 is 15.4 Å². The standard InChI is InChI=1S/C21H33N3O4/c1-19(2,3)23-16(25)13-20(9-7-8-10-20)18(27)28-14-17(26)24-21(15-22)11-5-4-6-12-21/h4-14H2,1-3H3,(H,23,25)(H,24,26). The maximum atomic E-state index is 12.8. The van der Waals surface area contributed by atoms with Crippen molar-refractivity contribution >= 4 is 17.8 Å². The molecule has 2 aliphatic carbocycles. The Morgan fingerprint density at radius 3 is 2.07 bits per heavy atom. The summed E-state index contributed by atoms with van der Waals surface area (Å²) < 4.78 is 5.31. The van der Waals surface area contributed by atoms with Crippen LogP contribution in [-0.2, 0) is 19.1 Å². The van der Waals surface area contributed by atoms with Gasteiger partial charge in [-0.05, 0) is 46.5 Å². The third-order valence-electron chi connectivity index (χ3n) is 5.64. The van der Waals surface area contributed by atoms with E-state index in [1.807, 2.05) is 20.8 Å². The van der Waals surface area contributed by atoms with E-state index in [2.05, 4.69) is 16.7 Å². The summed E-state index contributed by atoms with van der Waals surface area (Å²) in [5.41, 5.74) is -2.07. The van der Waals surface area contributed by atoms with E-state index < -0.39 is 29.4 Å². The van der Waals surface area contributed by atoms with E-state index >= 15 is 0 Å². The first kappa shape index (κ1) is 22.2. The van der Waals surface area contributed by atoms with Crippen molar-refractivity contribution in [3.63, 3.8) is 0 Å². The number of nitrogens with one attached hydrogen (secondary N) is 2. The number of carbonyl (C=O) groups is 3. The van der Waals surface area contributed by atoms with Crippen LogP contribution in [0.5, 0.6) is 0 Å². The summed E-state index contributed by atoms with van der Waals surface area (Å²) >= 11 is 0. The van der Waals surface area contributed by atoms with Crippen molar-refractivity contribution in [3.8, 4) is 6.07 Å². The van der Waals surface area contributed by atoms with Crippen LogP contribution in [0.1, 0.15) is 85.0 Å². The average molecular weight is 392 g/mol. The van der Waals surface area contributed by atoms with Crippen LogP contribution in [0.4, 0.5) is 0 Å². The molecule has 0 saturated heterocycles. The lowest BCUT2D eigenvalue weighted by molar-refractivity contribution is -0.161. The van der Waals surface area contributed by atoms with Gasteiger partial charge in [0.2, 0.25) is 5.91 Å². The van der Waals surface area contributed by atoms with Crippen LogP contribution in [0.15, 0.2) is 0 Å². The molecule has 2 N–H and O–H groups in total. The second-order valence-electron chi connectivity index (χ2n) is 9.34. The van der Waals surface area contributed by atoms with Crippen LogP contribution in [0.2, 0.25) is 0 Å². The molecule has 0 spiro atoms. The average Bonchev–Trinajstić information content (AvgIpc) is 3.08. The molecule has 0 unspecified atom stereocenters. The minimum atomic E-state index is -0.854. The molecule has 2 rings (SSSR count). The predicted octanol–water partition coefficient (Wildman–Crippen LogP) is 2.74. The van der Waals surface area contributed by atoms with Gasteiger partial charge in [0.1, 0.15) is 5.54 Å². The normalized spacial score (nSPS) is 20.6. The number of nitrogens with zero attached hydrogens (tertiary/aromatic N) is 1. The lowest BCUT2D eigenvalue weighted by atomic mass is 9.82. The lowest BCUT2D eigenvalue weighted by Gasteiger charge is -2.32. The van der Waals surface area contributed by atoms with E-state index in [4.69, 9.17) is 4.74 Å². The highest BCUT2D eigenvalue weighted by Crippen LogP contribution is 2.42. The number of hydrogen-bond acceptors (Lipinski definition) is 5. The largest absolute Gasteiger partial charge is 0.455 e. The second-order valence-corrected chi connectivity index (χ2v) is 9.34. The van der Waals surface area contributed by atoms with Crippen LogP contribution >= 0.6 is 0 Å². The molecule has 2 fully saturated rings. The molecule has 0 aromatic rings. The Bertz CT molecular complexity index is 633. The molecule has 0 aliphatic heterocycles. The Kier molecular flexibility index (Phi) is 7.08. The van der Waals surface area contributed by atoms with Crippen molar-refractivity contribution < 1.29 is 19.1 Å². The van der Waals surface area contributed by atoms with Gasteiger partial charge in [-0.25, -0.2) is 0 Å². The fourth-order valence-electron chi connectivity index (χ4n) is 4.28. The van der Waals surface area contributed by atoms with Crippen LogP contribution in [-0.4, -0.2) is 35.5 Å². The van der Waals surface area contributed by atoms with E-state index in [-0.39, 0.29) is 17.9 Å². The first-order valence-corrected chi connectivity index (χ1v) is 10.3. The Morgan fingerprint density at radius 1 is 0.964 bits per heavy atom. The molecule has 0 radical (unpaired) electrons. The van der Waals surface area contributed by atoms with Crippen LogP contribution in [0.3, 0.4) is 0 Å². The number of nitriles is 1. The Hall–Kier alpha value is -2.10. The zero-order valence-corrected chi connectivity index (χ0v) is 17.4. The van der Waals surface area contributed by atoms with Crippen molar-refractivity contribution in [3.05, 3.63) is 0 Å². The van der Waals surface area contributed by atoms with Crippen molar-refractivity contribution in [1.29, 1.82) is 5.26 Å². The van der Waals surface area contributed by atoms with E-state index in [1.54, 1.807) is 0 Å². The van der Waals surface area contributed by atoms with Crippen molar-refractivity contribution in [2.75, 3.05) is 6.61 Å². The number of carbonyl (C=O) groups excluding carboxylic acids is 3. The van der Waals surface area contributed by atoms with Crippen LogP contribution in [0.25, 0.3) is 0 Å². The SMILES string of the molecule is CC(C)(C)NC(=O)CC1(C(=O)OCC(=O)NC2(C#N)CCCCC2)CCCC1. The summed E-state index contributed by atoms with van der Waals surface area (Å²) in [5, 5.41) is 15.1. The molecule has 0 aromatic heterocycles. The van der Waals surface area contributed by atoms with E-state index in [9.17, 15) is 19.6 Å². The number of esters is 1. The third kappa shape index (κ3) is 5.95. The Labute approximate surface area is 167 Å². The maximum absolute atomic E-state index is 12.8. The highest BCUT2D eigenvalue weighted by Gasteiger charge is 2.45. The van der Waals surface area contributed by atoms with Gasteiger partial charge in [0.15, 0.2) is 6.61 Å². The highest BCUT2D eigenvalue weighted by molar-refractivity contribution is 5.88. The Morgan fingerprint density at radius 2 is 1.54 bits per heavy atom. The van der Waals surface area contributed by atoms with Crippen LogP contribution in [0, 0.1) is 16.7 Å². The summed E-state index contributed by atoms with van der Waals surface area (Å²) in [6.45, 7) is 5.27. The molecule has 2 aliphatic rings. The van der Waals surface area contributed by atoms with Gasteiger partial charge in [0.25, 0.3) is 5.91 Å². The Balaban J connectivity index is 1.92. The molecule has 28 heavy (non-hydrogen) atoms. The molecular weight excluding hydrogens is 358 g/mol. The minimum absolute atomic E-state index is 0.0762. The molecule has 0 heterocycles. The second kappa shape index (κ2) is 8.93. The van der Waals surface area contributed by atoms with Crippen molar-refractivity contribution in [1.82, 2.24) is 10.6 Å². The van der Waals surface area contributed by atoms with Gasteiger partial charge in [-0.3, -0.25) is 14.4 Å². The smallest absolute Gasteiger partial charge is 0.313 e. The van der Waals surface area contributed by atoms with Gasteiger partial charge in [0.05, 0.1) is 11.5 Å². The maximum Gasteiger partial charge on any atom is 0.313 e. The molecule has 7 heteroatoms. The van der Waals surface area contributed by atoms with E-state index in [0.29, 0.717) is 25.7 Å². The number of ether oxygens (including phenoxy) is 1. The first-order chi connectivity index (χ1) is 13.1. The van der Waals surface area contributed by atoms with Gasteiger partial charge in [0, 0.05) is 12.0 Å². The minimum Gasteiger partial charge on any atom is -0.455 e. The van der Waals surface area contributed by atoms with Gasteiger partial charge in [-0.15, -0.1) is 0 Å². The van der Waals surface area contributed by atoms with Gasteiger partial charge >= 0.3 is 5.97 Å². The molecule has 156 valence electrons. The number of rotatable bonds is 6. The molecular formula is C21H33N3O4. The fourth-order valence-corrected chi connectivity index (χ4v) is 4.28. The summed E-state index contributed by atoms with van der Waals surface area (Å²) in [5.74, 6) is -1.12. The van der Waals surface area contributed by atoms with Crippen molar-refractivity contribution in [2.45, 2.75) is 96.1 Å². The zero-order valence-electron chi connectivity index (χ0n) is 17.4. The topological polar surface area (TPSA) is 108 Å². The fraction of sp³-hybridized carbons (Fsp3) is 0.810. The van der Waals surface area contributed by atoms with Crippen LogP contribution < -0.4 is 10.6 Å². The van der Waals surface area contributed by atoms with Crippen molar-refractivity contribution in [2.24, 2.45) is 5.41 Å². The summed E-state index contributed by atoms with van der Waals surface area (Å²) in [6.07, 6.45) is 7.10. The summed E-state index contributed by atoms with van der Waals surface area (Å²) in [6, 6.07) is 2.22. The molecule has 2 saturated carbocycles. The number of amides is 2. The summed E-state index contributed by atoms with van der Waals surface area (Å²) in [7, 11) is 0. The highest BCUT2D eigenvalue weighted by atomic mass is 16.5. The number of hydrogen-bond donors (Lipinski definition) is 2. The lowest BCUT2D eigenvalue weighted by Crippen LogP contribution is -2.50. The molecule has 7 nitrogen and oxygen atoms in total. The third-order valence-corrected chi connectivity index (χ3v) is 5.64. The van der Waals surface area contributed by atoms with Gasteiger partial charge in [-0.1, -0.05) is 32.1 Å². The first-order valence-electron chi connectivity index (χ1n) is 10.3.